The van der Waals surface area contributed by atoms with Crippen LogP contribution in [0.4, 0.5) is 0 Å². The van der Waals surface area contributed by atoms with Gasteiger partial charge in [-0.15, -0.1) is 11.7 Å². The number of aliphatic hydroxyl groups excluding tert-OH is 2. The van der Waals surface area contributed by atoms with Crippen LogP contribution in [0.1, 0.15) is 92.2 Å². The summed E-state index contributed by atoms with van der Waals surface area (Å²) in [6, 6.07) is 5.10. The van der Waals surface area contributed by atoms with E-state index in [-0.39, 0.29) is 49.7 Å². The van der Waals surface area contributed by atoms with Gasteiger partial charge in [-0.3, -0.25) is 0 Å². The predicted molar refractivity (Wildman–Crippen MR) is 192 cm³/mol. The van der Waals surface area contributed by atoms with Crippen LogP contribution >= 0.6 is 0 Å². The van der Waals surface area contributed by atoms with Gasteiger partial charge in [-0.25, -0.2) is 9.48 Å². The number of fused-ring (bicyclic) bond motifs is 2. The van der Waals surface area contributed by atoms with Crippen LogP contribution in [0.3, 0.4) is 0 Å². The molecule has 4 aliphatic rings. The average molecular weight is 721 g/mol. The van der Waals surface area contributed by atoms with E-state index in [1.54, 1.807) is 12.2 Å². The summed E-state index contributed by atoms with van der Waals surface area (Å²) >= 11 is 0. The SMILES string of the molecule is C=CCOc1ccc2c(c1)[C@H]1[C@H](CCCCO)[C@@H](CCCCO)C=C3C(=NOC4CCCCO4)C[C@H](n4nncc4C(=O)OC)[C@@](OCC=C)(O2)[C@H]31. The molecule has 13 heteroatoms. The molecule has 52 heavy (non-hydrogen) atoms. The summed E-state index contributed by atoms with van der Waals surface area (Å²) in [4.78, 5) is 19.3. The number of hydrogen-bond acceptors (Lipinski definition) is 12. The van der Waals surface area contributed by atoms with Crippen molar-refractivity contribution in [3.05, 3.63) is 72.6 Å². The Bertz CT molecular complexity index is 1600. The summed E-state index contributed by atoms with van der Waals surface area (Å²) in [7, 11) is 1.32. The molecule has 1 unspecified atom stereocenters. The van der Waals surface area contributed by atoms with Gasteiger partial charge in [-0.05, 0) is 74.1 Å². The molecule has 3 heterocycles. The molecule has 7 atom stereocenters. The number of carbonyl (C=O) groups excluding carboxylic acids is 1. The molecule has 0 radical (unpaired) electrons. The highest BCUT2D eigenvalue weighted by Crippen LogP contribution is 2.63. The smallest absolute Gasteiger partial charge is 0.358 e. The van der Waals surface area contributed by atoms with E-state index in [2.05, 4.69) is 35.6 Å². The molecule has 6 rings (SSSR count). The fourth-order valence-corrected chi connectivity index (χ4v) is 8.46. The Morgan fingerprint density at radius 1 is 1.12 bits per heavy atom. The molecule has 13 nitrogen and oxygen atoms in total. The number of methoxy groups -OCH3 is 1. The van der Waals surface area contributed by atoms with E-state index >= 15 is 0 Å². The summed E-state index contributed by atoms with van der Waals surface area (Å²) in [6.07, 6.45) is 14.2. The first kappa shape index (κ1) is 37.7. The van der Waals surface area contributed by atoms with Gasteiger partial charge in [-0.2, -0.15) is 0 Å². The van der Waals surface area contributed by atoms with E-state index in [4.69, 9.17) is 33.7 Å². The molecular weight excluding hydrogens is 668 g/mol. The third kappa shape index (κ3) is 7.68. The number of hydrogen-bond donors (Lipinski definition) is 2. The minimum absolute atomic E-state index is 0.0847. The number of oxime groups is 1. The van der Waals surface area contributed by atoms with Crippen LogP contribution < -0.4 is 9.47 Å². The summed E-state index contributed by atoms with van der Waals surface area (Å²) in [5.74, 6) is -1.12. The Labute approximate surface area is 305 Å². The second-order valence-electron chi connectivity index (χ2n) is 13.8. The van der Waals surface area contributed by atoms with Gasteiger partial charge >= 0.3 is 5.97 Å². The van der Waals surface area contributed by atoms with Crippen molar-refractivity contribution in [3.63, 3.8) is 0 Å². The third-order valence-electron chi connectivity index (χ3n) is 10.7. The van der Waals surface area contributed by atoms with Crippen LogP contribution in [-0.2, 0) is 19.0 Å². The van der Waals surface area contributed by atoms with Crippen LogP contribution in [0.5, 0.6) is 11.5 Å². The summed E-state index contributed by atoms with van der Waals surface area (Å²) in [5, 5.41) is 33.0. The topological polar surface area (TPSA) is 156 Å². The van der Waals surface area contributed by atoms with Crippen molar-refractivity contribution in [3.8, 4) is 11.5 Å². The lowest BCUT2D eigenvalue weighted by Crippen LogP contribution is -2.63. The first-order valence-corrected chi connectivity index (χ1v) is 18.6. The quantitative estimate of drug-likeness (QED) is 0.0848. The Morgan fingerprint density at radius 2 is 1.92 bits per heavy atom. The van der Waals surface area contributed by atoms with E-state index in [1.165, 1.54) is 18.0 Å². The minimum Gasteiger partial charge on any atom is -0.490 e. The summed E-state index contributed by atoms with van der Waals surface area (Å²) in [5.41, 5.74) is 2.75. The van der Waals surface area contributed by atoms with Gasteiger partial charge in [-0.1, -0.05) is 48.0 Å². The Kier molecular flexibility index (Phi) is 12.8. The van der Waals surface area contributed by atoms with Crippen molar-refractivity contribution in [2.24, 2.45) is 22.9 Å². The molecule has 1 aromatic carbocycles. The second kappa shape index (κ2) is 17.7. The molecule has 1 saturated carbocycles. The number of aromatic nitrogens is 3. The fraction of sp³-hybridized carbons (Fsp3) is 0.590. The van der Waals surface area contributed by atoms with Gasteiger partial charge in [0.25, 0.3) is 0 Å². The highest BCUT2D eigenvalue weighted by atomic mass is 16.8. The van der Waals surface area contributed by atoms with Crippen LogP contribution in [-0.4, -0.2) is 89.1 Å². The number of carbonyl (C=O) groups is 1. The zero-order valence-corrected chi connectivity index (χ0v) is 30.1. The number of unbranched alkanes of at least 4 members (excludes halogenated alkanes) is 2. The predicted octanol–water partition coefficient (Wildman–Crippen LogP) is 5.66. The molecule has 0 bridgehead atoms. The number of esters is 1. The molecule has 2 fully saturated rings. The highest BCUT2D eigenvalue weighted by molar-refractivity contribution is 6.02. The maximum atomic E-state index is 13.2. The number of allylic oxidation sites excluding steroid dienone is 1. The van der Waals surface area contributed by atoms with Crippen LogP contribution in [0.15, 0.2) is 66.5 Å². The van der Waals surface area contributed by atoms with Crippen molar-refractivity contribution >= 4 is 11.7 Å². The second-order valence-corrected chi connectivity index (χ2v) is 13.8. The molecule has 0 spiro atoms. The lowest BCUT2D eigenvalue weighted by atomic mass is 9.55. The fourth-order valence-electron chi connectivity index (χ4n) is 8.46. The largest absolute Gasteiger partial charge is 0.490 e. The number of nitrogens with zero attached hydrogens (tertiary/aromatic N) is 4. The molecule has 282 valence electrons. The van der Waals surface area contributed by atoms with Crippen molar-refractivity contribution in [2.75, 3.05) is 40.1 Å². The van der Waals surface area contributed by atoms with E-state index in [0.717, 1.165) is 56.1 Å². The van der Waals surface area contributed by atoms with Crippen molar-refractivity contribution in [1.82, 2.24) is 15.0 Å². The Balaban J connectivity index is 1.59. The van der Waals surface area contributed by atoms with Crippen molar-refractivity contribution in [2.45, 2.75) is 88.2 Å². The first-order chi connectivity index (χ1) is 25.5. The zero-order valence-electron chi connectivity index (χ0n) is 30.1. The van der Waals surface area contributed by atoms with Crippen molar-refractivity contribution < 1.29 is 43.5 Å². The molecular formula is C39H52N4O9. The number of rotatable bonds is 18. The number of aliphatic hydroxyl groups is 2. The standard InChI is InChI=1S/C39H52N4O9/c1-4-19-48-27-15-16-33-30(23-27)36-28(13-7-10-18-45)26(12-6-9-17-44)22-29-31(41-52-35-14-8-11-21-49-35)24-34(39(51-33,37(29)36)50-20-5-2)43-32(25-40-42-43)38(46)47-3/h4-5,15-16,22-23,25-26,28,34-37,44-45H,1-2,6-14,17-21,24H2,3H3/t26-,28+,34-,35?,36+,37+,39+/m0/s1. The lowest BCUT2D eigenvalue weighted by Gasteiger charge is -2.58. The normalized spacial score (nSPS) is 28.5. The molecule has 2 aromatic rings. The van der Waals surface area contributed by atoms with E-state index in [9.17, 15) is 15.0 Å². The van der Waals surface area contributed by atoms with E-state index < -0.39 is 30.0 Å². The van der Waals surface area contributed by atoms with Crippen LogP contribution in [0.2, 0.25) is 0 Å². The van der Waals surface area contributed by atoms with Gasteiger partial charge in [0, 0.05) is 37.5 Å². The first-order valence-electron chi connectivity index (χ1n) is 18.6. The van der Waals surface area contributed by atoms with Gasteiger partial charge in [0.2, 0.25) is 12.1 Å². The monoisotopic (exact) mass is 720 g/mol. The molecule has 1 aromatic heterocycles. The highest BCUT2D eigenvalue weighted by Gasteiger charge is 2.65. The van der Waals surface area contributed by atoms with E-state index in [1.807, 2.05) is 12.1 Å². The van der Waals surface area contributed by atoms with Gasteiger partial charge in [0.1, 0.15) is 24.1 Å². The van der Waals surface area contributed by atoms with E-state index in [0.29, 0.717) is 43.3 Å². The maximum Gasteiger partial charge on any atom is 0.358 e. The Morgan fingerprint density at radius 3 is 2.65 bits per heavy atom. The van der Waals surface area contributed by atoms with Gasteiger partial charge < -0.3 is 38.7 Å². The molecule has 2 N–H and O–H groups in total. The lowest BCUT2D eigenvalue weighted by molar-refractivity contribution is -0.252. The Hall–Kier alpha value is -4.04. The van der Waals surface area contributed by atoms with Crippen LogP contribution in [0, 0.1) is 17.8 Å². The molecule has 1 saturated heterocycles. The van der Waals surface area contributed by atoms with Crippen LogP contribution in [0.25, 0.3) is 0 Å². The molecule has 2 aliphatic carbocycles. The summed E-state index contributed by atoms with van der Waals surface area (Å²) < 4.78 is 32.7. The molecule has 2 aliphatic heterocycles. The average Bonchev–Trinajstić information content (AvgIpc) is 3.66. The van der Waals surface area contributed by atoms with Crippen molar-refractivity contribution in [1.29, 1.82) is 0 Å². The van der Waals surface area contributed by atoms with Gasteiger partial charge in [0.05, 0.1) is 38.1 Å². The molecule has 0 amide bonds. The zero-order chi connectivity index (χ0) is 36.5. The van der Waals surface area contributed by atoms with Gasteiger partial charge in [0.15, 0.2) is 5.69 Å². The summed E-state index contributed by atoms with van der Waals surface area (Å²) in [6.45, 7) is 9.11. The minimum atomic E-state index is -1.40. The number of benzene rings is 1. The maximum absolute atomic E-state index is 13.2. The number of ether oxygens (including phenoxy) is 5. The third-order valence-corrected chi connectivity index (χ3v) is 10.7.